The summed E-state index contributed by atoms with van der Waals surface area (Å²) in [5, 5.41) is 3.51. The monoisotopic (exact) mass is 397 g/mol. The average Bonchev–Trinajstić information content (AvgIpc) is 3.11. The summed E-state index contributed by atoms with van der Waals surface area (Å²) in [7, 11) is 0. The minimum absolute atomic E-state index is 0.107. The lowest BCUT2D eigenvalue weighted by atomic mass is 10.0. The Labute approximate surface area is 166 Å². The quantitative estimate of drug-likeness (QED) is 0.714. The molecule has 0 bridgehead atoms. The van der Waals surface area contributed by atoms with Gasteiger partial charge in [-0.1, -0.05) is 23.7 Å². The van der Waals surface area contributed by atoms with Crippen molar-refractivity contribution in [2.45, 2.75) is 18.9 Å². The molecule has 0 aliphatic carbocycles. The summed E-state index contributed by atoms with van der Waals surface area (Å²) >= 11 is 5.86. The van der Waals surface area contributed by atoms with Gasteiger partial charge < -0.3 is 10.1 Å². The number of hydrogen-bond donors (Lipinski definition) is 1. The molecule has 1 aromatic heterocycles. The highest BCUT2D eigenvalue weighted by Gasteiger charge is 2.27. The predicted molar refractivity (Wildman–Crippen MR) is 104 cm³/mol. The second-order valence-corrected chi connectivity index (χ2v) is 7.06. The smallest absolute Gasteiger partial charge is 0.224 e. The number of carbonyl (C=O) groups is 1. The molecule has 3 aromatic rings. The van der Waals surface area contributed by atoms with Crippen molar-refractivity contribution in [3.8, 4) is 16.9 Å². The Kier molecular flexibility index (Phi) is 5.21. The Morgan fingerprint density at radius 1 is 1.21 bits per heavy atom. The molecule has 0 unspecified atom stereocenters. The van der Waals surface area contributed by atoms with Crippen molar-refractivity contribution in [3.05, 3.63) is 77.1 Å². The zero-order chi connectivity index (χ0) is 19.5. The number of hydrogen-bond acceptors (Lipinski definition) is 4. The van der Waals surface area contributed by atoms with E-state index in [2.05, 4.69) is 15.3 Å². The summed E-state index contributed by atoms with van der Waals surface area (Å²) < 4.78 is 20.1. The number of nitrogens with zero attached hydrogens (tertiary/aromatic N) is 2. The molecule has 5 nitrogen and oxygen atoms in total. The van der Waals surface area contributed by atoms with Crippen LogP contribution in [0.1, 0.15) is 11.1 Å². The summed E-state index contributed by atoms with van der Waals surface area (Å²) in [5.41, 5.74) is 2.96. The lowest BCUT2D eigenvalue weighted by Gasteiger charge is -2.13. The Bertz CT molecular complexity index is 997. The summed E-state index contributed by atoms with van der Waals surface area (Å²) in [6.45, 7) is 0.341. The highest BCUT2D eigenvalue weighted by molar-refractivity contribution is 6.30. The van der Waals surface area contributed by atoms with Gasteiger partial charge in [-0.3, -0.25) is 4.79 Å². The second-order valence-electron chi connectivity index (χ2n) is 6.62. The van der Waals surface area contributed by atoms with Gasteiger partial charge >= 0.3 is 0 Å². The molecule has 28 heavy (non-hydrogen) atoms. The Hall–Kier alpha value is -2.99. The molecule has 7 heteroatoms. The number of ether oxygens (including phenoxy) is 1. The first-order valence-electron chi connectivity index (χ1n) is 8.84. The highest BCUT2D eigenvalue weighted by atomic mass is 35.5. The minimum atomic E-state index is -0.339. The van der Waals surface area contributed by atoms with Gasteiger partial charge in [0.2, 0.25) is 5.91 Å². The normalized spacial score (nSPS) is 15.0. The fourth-order valence-electron chi connectivity index (χ4n) is 3.24. The molecule has 1 aliphatic rings. The van der Waals surface area contributed by atoms with Crippen LogP contribution >= 0.6 is 11.6 Å². The lowest BCUT2D eigenvalue weighted by molar-refractivity contribution is -0.120. The van der Waals surface area contributed by atoms with E-state index in [1.54, 1.807) is 24.5 Å². The van der Waals surface area contributed by atoms with Crippen LogP contribution in [0.2, 0.25) is 5.02 Å². The van der Waals surface area contributed by atoms with E-state index >= 15 is 0 Å². The van der Waals surface area contributed by atoms with E-state index in [0.717, 1.165) is 11.1 Å². The number of aromatic nitrogens is 2. The first-order valence-corrected chi connectivity index (χ1v) is 9.22. The zero-order valence-electron chi connectivity index (χ0n) is 14.9. The summed E-state index contributed by atoms with van der Waals surface area (Å²) in [6, 6.07) is 10.0. The Morgan fingerprint density at radius 3 is 2.71 bits per heavy atom. The molecule has 2 aromatic carbocycles. The fourth-order valence-corrected chi connectivity index (χ4v) is 3.36. The largest absolute Gasteiger partial charge is 0.487 e. The van der Waals surface area contributed by atoms with Crippen molar-refractivity contribution in [2.24, 2.45) is 0 Å². The molecule has 0 fully saturated rings. The molecule has 1 amide bonds. The maximum Gasteiger partial charge on any atom is 0.224 e. The van der Waals surface area contributed by atoms with Crippen molar-refractivity contribution in [1.29, 1.82) is 0 Å². The van der Waals surface area contributed by atoms with E-state index in [1.165, 1.54) is 18.5 Å². The first kappa shape index (κ1) is 18.4. The topological polar surface area (TPSA) is 64.1 Å². The van der Waals surface area contributed by atoms with Crippen molar-refractivity contribution < 1.29 is 13.9 Å². The number of benzene rings is 2. The van der Waals surface area contributed by atoms with Gasteiger partial charge in [-0.05, 0) is 29.8 Å². The number of fused-ring (bicyclic) bond motifs is 1. The lowest BCUT2D eigenvalue weighted by Crippen LogP contribution is -2.35. The van der Waals surface area contributed by atoms with E-state index in [4.69, 9.17) is 16.3 Å². The summed E-state index contributed by atoms with van der Waals surface area (Å²) in [5.74, 6) is 0.173. The first-order chi connectivity index (χ1) is 13.6. The third kappa shape index (κ3) is 4.12. The Balaban J connectivity index is 1.41. The molecular formula is C21H17ClFN3O2. The molecule has 1 atom stereocenters. The fraction of sp³-hybridized carbons (Fsp3) is 0.190. The van der Waals surface area contributed by atoms with Gasteiger partial charge in [0, 0.05) is 40.5 Å². The number of halogens is 2. The molecular weight excluding hydrogens is 381 g/mol. The van der Waals surface area contributed by atoms with E-state index in [1.807, 2.05) is 12.1 Å². The molecule has 1 N–H and O–H groups in total. The van der Waals surface area contributed by atoms with Crippen LogP contribution < -0.4 is 10.1 Å². The number of carbonyl (C=O) groups excluding carboxylic acids is 1. The van der Waals surface area contributed by atoms with Crippen LogP contribution in [0, 0.1) is 5.82 Å². The predicted octanol–water partition coefficient (Wildman–Crippen LogP) is 3.60. The van der Waals surface area contributed by atoms with Gasteiger partial charge in [0.25, 0.3) is 0 Å². The average molecular weight is 398 g/mol. The van der Waals surface area contributed by atoms with Gasteiger partial charge in [0.05, 0.1) is 13.0 Å². The number of nitrogens with one attached hydrogen (secondary N) is 1. The maximum absolute atomic E-state index is 14.0. The highest BCUT2D eigenvalue weighted by Crippen LogP contribution is 2.39. The van der Waals surface area contributed by atoms with Crippen LogP contribution in [-0.2, 0) is 17.6 Å². The number of amides is 1. The maximum atomic E-state index is 14.0. The van der Waals surface area contributed by atoms with Gasteiger partial charge in [0.15, 0.2) is 0 Å². The van der Waals surface area contributed by atoms with Crippen LogP contribution in [0.3, 0.4) is 0 Å². The Morgan fingerprint density at radius 2 is 1.96 bits per heavy atom. The van der Waals surface area contributed by atoms with Crippen molar-refractivity contribution in [1.82, 2.24) is 15.3 Å². The van der Waals surface area contributed by atoms with Gasteiger partial charge in [-0.15, -0.1) is 0 Å². The summed E-state index contributed by atoms with van der Waals surface area (Å²) in [4.78, 5) is 20.2. The summed E-state index contributed by atoms with van der Waals surface area (Å²) in [6.07, 6.45) is 5.18. The molecule has 0 spiro atoms. The van der Waals surface area contributed by atoms with E-state index in [-0.39, 0.29) is 24.2 Å². The molecule has 142 valence electrons. The van der Waals surface area contributed by atoms with Crippen LogP contribution in [0.25, 0.3) is 11.1 Å². The molecule has 0 radical (unpaired) electrons. The van der Waals surface area contributed by atoms with Crippen LogP contribution in [0.5, 0.6) is 5.75 Å². The van der Waals surface area contributed by atoms with Crippen molar-refractivity contribution in [3.63, 3.8) is 0 Å². The molecule has 4 rings (SSSR count). The second kappa shape index (κ2) is 7.94. The van der Waals surface area contributed by atoms with Gasteiger partial charge in [-0.25, -0.2) is 14.4 Å². The van der Waals surface area contributed by atoms with Crippen LogP contribution in [-0.4, -0.2) is 28.5 Å². The van der Waals surface area contributed by atoms with Crippen LogP contribution in [0.4, 0.5) is 4.39 Å². The number of rotatable bonds is 5. The molecule has 0 saturated heterocycles. The standard InChI is InChI=1S/C21H17ClFN3O2/c22-16-3-1-13(2-4-16)5-20(27)26-11-18-7-14-6-17(23)8-19(21(14)28-18)15-9-24-12-25-10-15/h1-4,6,8-10,12,18H,5,7,11H2,(H,26,27)/t18-/m1/s1. The third-order valence-electron chi connectivity index (χ3n) is 4.54. The van der Waals surface area contributed by atoms with E-state index in [9.17, 15) is 9.18 Å². The van der Waals surface area contributed by atoms with E-state index < -0.39 is 0 Å². The van der Waals surface area contributed by atoms with Crippen LogP contribution in [0.15, 0.2) is 55.1 Å². The molecule has 1 aliphatic heterocycles. The van der Waals surface area contributed by atoms with Gasteiger partial charge in [0.1, 0.15) is 24.0 Å². The third-order valence-corrected chi connectivity index (χ3v) is 4.79. The van der Waals surface area contributed by atoms with Crippen molar-refractivity contribution >= 4 is 17.5 Å². The van der Waals surface area contributed by atoms with E-state index in [0.29, 0.717) is 34.9 Å². The zero-order valence-corrected chi connectivity index (χ0v) is 15.6. The molecule has 0 saturated carbocycles. The minimum Gasteiger partial charge on any atom is -0.487 e. The molecule has 2 heterocycles. The SMILES string of the molecule is O=C(Cc1ccc(Cl)cc1)NC[C@H]1Cc2cc(F)cc(-c3cncnc3)c2O1. The van der Waals surface area contributed by atoms with Gasteiger partial charge in [-0.2, -0.15) is 0 Å². The van der Waals surface area contributed by atoms with Crippen molar-refractivity contribution in [2.75, 3.05) is 6.54 Å².